The molecule has 7 nitrogen and oxygen atoms in total. The van der Waals surface area contributed by atoms with Crippen molar-refractivity contribution in [1.82, 2.24) is 9.80 Å². The van der Waals surface area contributed by atoms with Crippen LogP contribution >= 0.6 is 24.0 Å². The first kappa shape index (κ1) is 24.5. The van der Waals surface area contributed by atoms with E-state index in [0.717, 1.165) is 52.0 Å². The predicted molar refractivity (Wildman–Crippen MR) is 119 cm³/mol. The molecule has 0 spiro atoms. The molecule has 0 radical (unpaired) electrons. The van der Waals surface area contributed by atoms with Gasteiger partial charge in [0.1, 0.15) is 5.75 Å². The molecule has 3 N–H and O–H groups in total. The fourth-order valence-corrected chi connectivity index (χ4v) is 3.34. The van der Waals surface area contributed by atoms with Crippen molar-refractivity contribution in [3.05, 3.63) is 24.3 Å². The summed E-state index contributed by atoms with van der Waals surface area (Å²) in [6, 6.07) is 5.27. The molecule has 1 amide bonds. The molecule has 30 heavy (non-hydrogen) atoms. The van der Waals surface area contributed by atoms with Crippen molar-refractivity contribution in [2.45, 2.75) is 25.6 Å². The molecule has 1 heterocycles. The molecule has 1 aliphatic carbocycles. The molecule has 1 saturated carbocycles. The predicted octanol–water partition coefficient (Wildman–Crippen LogP) is 2.87. The van der Waals surface area contributed by atoms with Crippen LogP contribution in [0.5, 0.6) is 5.75 Å². The molecule has 11 heteroatoms. The molecule has 0 aromatic heterocycles. The highest BCUT2D eigenvalue weighted by molar-refractivity contribution is 14.0. The Kier molecular flexibility index (Phi) is 9.01. The summed E-state index contributed by atoms with van der Waals surface area (Å²) >= 11 is 0. The zero-order chi connectivity index (χ0) is 20.9. The van der Waals surface area contributed by atoms with E-state index in [-0.39, 0.29) is 41.6 Å². The second-order valence-electron chi connectivity index (χ2n) is 7.26. The highest BCUT2D eigenvalue weighted by Gasteiger charge is 2.31. The number of hydrogen-bond donors (Lipinski definition) is 2. The first-order chi connectivity index (χ1) is 13.8. The number of alkyl halides is 3. The van der Waals surface area contributed by atoms with Crippen LogP contribution in [0.3, 0.4) is 0 Å². The average Bonchev–Trinajstić information content (AvgIpc) is 2.61. The van der Waals surface area contributed by atoms with Gasteiger partial charge in [0, 0.05) is 44.3 Å². The Bertz CT molecular complexity index is 718. The van der Waals surface area contributed by atoms with Crippen LogP contribution in [-0.4, -0.2) is 67.3 Å². The maximum Gasteiger partial charge on any atom is 0.573 e. The smallest absolute Gasteiger partial charge is 0.406 e. The van der Waals surface area contributed by atoms with Crippen LogP contribution in [0.4, 0.5) is 18.9 Å². The molecule has 1 aliphatic heterocycles. The molecule has 1 aromatic carbocycles. The maximum atomic E-state index is 12.3. The van der Waals surface area contributed by atoms with E-state index < -0.39 is 6.36 Å². The van der Waals surface area contributed by atoms with Crippen LogP contribution in [-0.2, 0) is 4.79 Å². The molecule has 1 aromatic rings. The van der Waals surface area contributed by atoms with Gasteiger partial charge in [0.05, 0.1) is 6.54 Å². The Labute approximate surface area is 190 Å². The van der Waals surface area contributed by atoms with Crippen LogP contribution in [0.25, 0.3) is 0 Å². The minimum absolute atomic E-state index is 0. The zero-order valence-corrected chi connectivity index (χ0v) is 18.9. The number of benzene rings is 1. The fraction of sp³-hybridized carbons (Fsp3) is 0.579. The van der Waals surface area contributed by atoms with E-state index in [9.17, 15) is 18.0 Å². The van der Waals surface area contributed by atoms with Gasteiger partial charge >= 0.3 is 6.36 Å². The van der Waals surface area contributed by atoms with E-state index in [1.54, 1.807) is 0 Å². The number of nitrogens with zero attached hydrogens (tertiary/aromatic N) is 3. The Morgan fingerprint density at radius 1 is 1.17 bits per heavy atom. The molecule has 0 unspecified atom stereocenters. The lowest BCUT2D eigenvalue weighted by atomic mass is 9.84. The Balaban J connectivity index is 0.00000320. The van der Waals surface area contributed by atoms with Crippen molar-refractivity contribution >= 4 is 41.5 Å². The third-order valence-corrected chi connectivity index (χ3v) is 5.20. The van der Waals surface area contributed by atoms with Gasteiger partial charge in [-0.15, -0.1) is 37.1 Å². The zero-order valence-electron chi connectivity index (χ0n) is 16.5. The number of anilines is 1. The van der Waals surface area contributed by atoms with E-state index >= 15 is 0 Å². The molecule has 2 aliphatic rings. The van der Waals surface area contributed by atoms with Crippen LogP contribution in [0.2, 0.25) is 0 Å². The average molecular weight is 541 g/mol. The van der Waals surface area contributed by atoms with Crippen molar-refractivity contribution in [3.8, 4) is 5.75 Å². The number of nitrogens with two attached hydrogens (primary N) is 1. The summed E-state index contributed by atoms with van der Waals surface area (Å²) in [4.78, 5) is 20.7. The minimum Gasteiger partial charge on any atom is -0.406 e. The van der Waals surface area contributed by atoms with Gasteiger partial charge in [-0.1, -0.05) is 6.42 Å². The highest BCUT2D eigenvalue weighted by Crippen LogP contribution is 2.28. The largest absolute Gasteiger partial charge is 0.573 e. The van der Waals surface area contributed by atoms with E-state index in [1.165, 1.54) is 24.3 Å². The molecule has 3 rings (SSSR count). The lowest BCUT2D eigenvalue weighted by Crippen LogP contribution is -2.51. The van der Waals surface area contributed by atoms with Gasteiger partial charge in [0.15, 0.2) is 5.96 Å². The maximum absolute atomic E-state index is 12.3. The monoisotopic (exact) mass is 541 g/mol. The van der Waals surface area contributed by atoms with Crippen molar-refractivity contribution in [2.75, 3.05) is 44.6 Å². The SMILES string of the molecule is I.NC(=NCCN1CCN(C(=O)C2CCC2)CC1)Nc1ccc(OC(F)(F)F)cc1. The normalized spacial score (nSPS) is 18.4. The second kappa shape index (κ2) is 11.0. The Hall–Kier alpha value is -1.76. The third-order valence-electron chi connectivity index (χ3n) is 5.20. The first-order valence-electron chi connectivity index (χ1n) is 9.74. The summed E-state index contributed by atoms with van der Waals surface area (Å²) in [5.41, 5.74) is 6.35. The number of rotatable bonds is 6. The molecule has 2 fully saturated rings. The summed E-state index contributed by atoms with van der Waals surface area (Å²) in [6.07, 6.45) is -1.50. The number of ether oxygens (including phenoxy) is 1. The number of carbonyl (C=O) groups is 1. The lowest BCUT2D eigenvalue weighted by molar-refractivity contribution is -0.274. The summed E-state index contributed by atoms with van der Waals surface area (Å²) in [6.45, 7) is 4.36. The quantitative estimate of drug-likeness (QED) is 0.329. The van der Waals surface area contributed by atoms with Crippen LogP contribution in [0.1, 0.15) is 19.3 Å². The number of aliphatic imine (C=N–C) groups is 1. The van der Waals surface area contributed by atoms with Gasteiger partial charge in [0.2, 0.25) is 5.91 Å². The number of hydrogen-bond acceptors (Lipinski definition) is 4. The summed E-state index contributed by atoms with van der Waals surface area (Å²) in [5.74, 6) is 0.432. The molecular weight excluding hydrogens is 514 g/mol. The van der Waals surface area contributed by atoms with Gasteiger partial charge in [-0.05, 0) is 37.1 Å². The topological polar surface area (TPSA) is 83.2 Å². The van der Waals surface area contributed by atoms with Crippen molar-refractivity contribution in [2.24, 2.45) is 16.6 Å². The standard InChI is InChI=1S/C19H26F3N5O2.HI/c20-19(21,22)29-16-6-4-15(5-7-16)25-18(23)24-8-9-26-10-12-27(13-11-26)17(28)14-2-1-3-14;/h4-7,14H,1-3,8-13H2,(H3,23,24,25);1H. The molecular formula is C19H27F3IN5O2. The number of guanidine groups is 1. The van der Waals surface area contributed by atoms with Crippen molar-refractivity contribution < 1.29 is 22.7 Å². The number of nitrogens with one attached hydrogen (secondary N) is 1. The van der Waals surface area contributed by atoms with E-state index in [1.807, 2.05) is 4.90 Å². The second-order valence-corrected chi connectivity index (χ2v) is 7.26. The molecule has 0 bridgehead atoms. The lowest BCUT2D eigenvalue weighted by Gasteiger charge is -2.38. The Morgan fingerprint density at radius 3 is 2.33 bits per heavy atom. The van der Waals surface area contributed by atoms with Crippen LogP contribution in [0.15, 0.2) is 29.3 Å². The Morgan fingerprint density at radius 2 is 1.80 bits per heavy atom. The van der Waals surface area contributed by atoms with Gasteiger partial charge in [-0.25, -0.2) is 0 Å². The van der Waals surface area contributed by atoms with Crippen LogP contribution < -0.4 is 15.8 Å². The van der Waals surface area contributed by atoms with Crippen molar-refractivity contribution in [3.63, 3.8) is 0 Å². The number of carbonyl (C=O) groups excluding carboxylic acids is 1. The molecule has 168 valence electrons. The minimum atomic E-state index is -4.72. The molecule has 1 saturated heterocycles. The first-order valence-corrected chi connectivity index (χ1v) is 9.74. The number of piperazine rings is 1. The third kappa shape index (κ3) is 7.49. The van der Waals surface area contributed by atoms with Crippen molar-refractivity contribution in [1.29, 1.82) is 0 Å². The summed E-state index contributed by atoms with van der Waals surface area (Å²) in [7, 11) is 0. The highest BCUT2D eigenvalue weighted by atomic mass is 127. The molecule has 0 atom stereocenters. The number of halogens is 4. The fourth-order valence-electron chi connectivity index (χ4n) is 3.34. The van der Waals surface area contributed by atoms with Crippen LogP contribution in [0, 0.1) is 5.92 Å². The summed E-state index contributed by atoms with van der Waals surface area (Å²) in [5, 5.41) is 2.84. The van der Waals surface area contributed by atoms with E-state index in [4.69, 9.17) is 5.73 Å². The van der Waals surface area contributed by atoms with E-state index in [2.05, 4.69) is 19.9 Å². The van der Waals surface area contributed by atoms with Gasteiger partial charge in [-0.2, -0.15) is 0 Å². The van der Waals surface area contributed by atoms with Gasteiger partial charge in [-0.3, -0.25) is 14.7 Å². The van der Waals surface area contributed by atoms with E-state index in [0.29, 0.717) is 18.1 Å². The van der Waals surface area contributed by atoms with Gasteiger partial charge in [0.25, 0.3) is 0 Å². The number of amides is 1. The summed E-state index contributed by atoms with van der Waals surface area (Å²) < 4.78 is 40.3. The van der Waals surface area contributed by atoms with Gasteiger partial charge < -0.3 is 20.7 Å².